The summed E-state index contributed by atoms with van der Waals surface area (Å²) in [5.74, 6) is -0.497. The molecule has 2 N–H and O–H groups in total. The summed E-state index contributed by atoms with van der Waals surface area (Å²) in [6.45, 7) is 1.85. The van der Waals surface area contributed by atoms with Gasteiger partial charge in [0.15, 0.2) is 0 Å². The SMILES string of the molecule is Cc1cc(NC(=O)c2cccc(NC(=O)c3cccc(Br)c3)c2)ccn1. The lowest BCUT2D eigenvalue weighted by Crippen LogP contribution is -2.14. The second-order valence-electron chi connectivity index (χ2n) is 5.69. The number of hydrogen-bond acceptors (Lipinski definition) is 3. The zero-order valence-corrected chi connectivity index (χ0v) is 15.6. The highest BCUT2D eigenvalue weighted by molar-refractivity contribution is 9.10. The Labute approximate surface area is 159 Å². The van der Waals surface area contributed by atoms with Crippen LogP contribution in [-0.4, -0.2) is 16.8 Å². The van der Waals surface area contributed by atoms with Crippen LogP contribution in [0, 0.1) is 6.92 Å². The molecule has 6 heteroatoms. The Morgan fingerprint density at radius 2 is 1.46 bits per heavy atom. The van der Waals surface area contributed by atoms with E-state index in [1.165, 1.54) is 0 Å². The maximum atomic E-state index is 12.4. The third kappa shape index (κ3) is 4.55. The number of nitrogens with one attached hydrogen (secondary N) is 2. The van der Waals surface area contributed by atoms with E-state index in [2.05, 4.69) is 31.5 Å². The zero-order valence-electron chi connectivity index (χ0n) is 14.0. The van der Waals surface area contributed by atoms with Crippen LogP contribution in [0.5, 0.6) is 0 Å². The van der Waals surface area contributed by atoms with E-state index in [0.29, 0.717) is 22.5 Å². The molecule has 0 fully saturated rings. The summed E-state index contributed by atoms with van der Waals surface area (Å²) in [5.41, 5.74) is 3.02. The van der Waals surface area contributed by atoms with Crippen molar-refractivity contribution >= 4 is 39.1 Å². The Kier molecular flexibility index (Phi) is 5.43. The van der Waals surface area contributed by atoms with Crippen LogP contribution in [0.2, 0.25) is 0 Å². The number of benzene rings is 2. The van der Waals surface area contributed by atoms with E-state index in [4.69, 9.17) is 0 Å². The standard InChI is InChI=1S/C20H16BrN3O2/c1-13-10-18(8-9-22-13)24-20(26)15-5-3-7-17(12-15)23-19(25)14-4-2-6-16(21)11-14/h2-12H,1H3,(H,23,25)(H,22,24,26). The Morgan fingerprint density at radius 3 is 2.12 bits per heavy atom. The van der Waals surface area contributed by atoms with Crippen molar-refractivity contribution in [3.8, 4) is 0 Å². The van der Waals surface area contributed by atoms with E-state index < -0.39 is 0 Å². The maximum Gasteiger partial charge on any atom is 0.255 e. The van der Waals surface area contributed by atoms with Gasteiger partial charge >= 0.3 is 0 Å². The van der Waals surface area contributed by atoms with Crippen LogP contribution in [0.25, 0.3) is 0 Å². The summed E-state index contributed by atoms with van der Waals surface area (Å²) in [5, 5.41) is 5.62. The van der Waals surface area contributed by atoms with Crippen molar-refractivity contribution in [1.29, 1.82) is 0 Å². The molecule has 3 rings (SSSR count). The van der Waals surface area contributed by atoms with Gasteiger partial charge in [0.1, 0.15) is 0 Å². The van der Waals surface area contributed by atoms with Crippen molar-refractivity contribution in [3.05, 3.63) is 88.2 Å². The third-order valence-electron chi connectivity index (χ3n) is 3.62. The number of rotatable bonds is 4. The Balaban J connectivity index is 1.73. The summed E-state index contributed by atoms with van der Waals surface area (Å²) in [6, 6.07) is 17.4. The normalized spacial score (nSPS) is 10.2. The fourth-order valence-corrected chi connectivity index (χ4v) is 2.80. The molecule has 0 saturated heterocycles. The van der Waals surface area contributed by atoms with Gasteiger partial charge in [0.05, 0.1) is 0 Å². The van der Waals surface area contributed by atoms with Gasteiger partial charge in [0.2, 0.25) is 0 Å². The quantitative estimate of drug-likeness (QED) is 0.658. The van der Waals surface area contributed by atoms with Gasteiger partial charge in [-0.3, -0.25) is 14.6 Å². The van der Waals surface area contributed by atoms with Crippen LogP contribution in [0.15, 0.2) is 71.3 Å². The van der Waals surface area contributed by atoms with Gasteiger partial charge in [-0.1, -0.05) is 28.1 Å². The second-order valence-corrected chi connectivity index (χ2v) is 6.60. The average molecular weight is 410 g/mol. The first-order valence-electron chi connectivity index (χ1n) is 7.92. The van der Waals surface area contributed by atoms with E-state index in [1.54, 1.807) is 60.8 Å². The van der Waals surface area contributed by atoms with Crippen LogP contribution < -0.4 is 10.6 Å². The number of carbonyl (C=O) groups is 2. The minimum atomic E-state index is -0.255. The summed E-state index contributed by atoms with van der Waals surface area (Å²) < 4.78 is 0.825. The predicted octanol–water partition coefficient (Wildman–Crippen LogP) is 4.66. The van der Waals surface area contributed by atoms with E-state index in [1.807, 2.05) is 13.0 Å². The molecule has 2 aromatic carbocycles. The molecule has 130 valence electrons. The van der Waals surface area contributed by atoms with Crippen LogP contribution >= 0.6 is 15.9 Å². The fraction of sp³-hybridized carbons (Fsp3) is 0.0500. The van der Waals surface area contributed by atoms with Crippen molar-refractivity contribution in [2.45, 2.75) is 6.92 Å². The van der Waals surface area contributed by atoms with Gasteiger partial charge in [0, 0.05) is 38.9 Å². The average Bonchev–Trinajstić information content (AvgIpc) is 2.62. The molecular weight excluding hydrogens is 394 g/mol. The van der Waals surface area contributed by atoms with Gasteiger partial charge in [-0.15, -0.1) is 0 Å². The monoisotopic (exact) mass is 409 g/mol. The van der Waals surface area contributed by atoms with Crippen molar-refractivity contribution in [2.75, 3.05) is 10.6 Å². The molecule has 0 radical (unpaired) electrons. The van der Waals surface area contributed by atoms with Crippen molar-refractivity contribution < 1.29 is 9.59 Å². The summed E-state index contributed by atoms with van der Waals surface area (Å²) in [4.78, 5) is 28.9. The molecule has 1 heterocycles. The highest BCUT2D eigenvalue weighted by atomic mass is 79.9. The molecule has 0 spiro atoms. The number of pyridine rings is 1. The number of hydrogen-bond donors (Lipinski definition) is 2. The lowest BCUT2D eigenvalue weighted by molar-refractivity contribution is 0.101. The van der Waals surface area contributed by atoms with E-state index in [0.717, 1.165) is 10.2 Å². The van der Waals surface area contributed by atoms with E-state index in [9.17, 15) is 9.59 Å². The Bertz CT molecular complexity index is 973. The van der Waals surface area contributed by atoms with Crippen molar-refractivity contribution in [2.24, 2.45) is 0 Å². The molecule has 3 aromatic rings. The number of anilines is 2. The highest BCUT2D eigenvalue weighted by Gasteiger charge is 2.10. The number of amides is 2. The topological polar surface area (TPSA) is 71.1 Å². The number of nitrogens with zero attached hydrogens (tertiary/aromatic N) is 1. The minimum absolute atomic E-state index is 0.242. The molecule has 0 aliphatic rings. The molecule has 0 atom stereocenters. The van der Waals surface area contributed by atoms with Crippen LogP contribution in [-0.2, 0) is 0 Å². The molecule has 0 aliphatic heterocycles. The first-order chi connectivity index (χ1) is 12.5. The van der Waals surface area contributed by atoms with Gasteiger partial charge in [0.25, 0.3) is 11.8 Å². The van der Waals surface area contributed by atoms with Crippen LogP contribution in [0.1, 0.15) is 26.4 Å². The summed E-state index contributed by atoms with van der Waals surface area (Å²) >= 11 is 3.35. The first kappa shape index (κ1) is 17.8. The molecule has 0 aliphatic carbocycles. The van der Waals surface area contributed by atoms with Crippen LogP contribution in [0.4, 0.5) is 11.4 Å². The molecule has 0 bridgehead atoms. The molecule has 1 aromatic heterocycles. The first-order valence-corrected chi connectivity index (χ1v) is 8.71. The molecule has 5 nitrogen and oxygen atoms in total. The number of carbonyl (C=O) groups excluding carboxylic acids is 2. The summed E-state index contributed by atoms with van der Waals surface area (Å²) in [7, 11) is 0. The Morgan fingerprint density at radius 1 is 0.846 bits per heavy atom. The van der Waals surface area contributed by atoms with Gasteiger partial charge in [-0.05, 0) is 55.5 Å². The van der Waals surface area contributed by atoms with E-state index >= 15 is 0 Å². The van der Waals surface area contributed by atoms with Gasteiger partial charge in [-0.25, -0.2) is 0 Å². The lowest BCUT2D eigenvalue weighted by Gasteiger charge is -2.09. The predicted molar refractivity (Wildman–Crippen MR) is 105 cm³/mol. The number of aromatic nitrogens is 1. The Hall–Kier alpha value is -2.99. The zero-order chi connectivity index (χ0) is 18.5. The highest BCUT2D eigenvalue weighted by Crippen LogP contribution is 2.16. The minimum Gasteiger partial charge on any atom is -0.322 e. The molecule has 26 heavy (non-hydrogen) atoms. The molecular formula is C20H16BrN3O2. The van der Waals surface area contributed by atoms with E-state index in [-0.39, 0.29) is 11.8 Å². The summed E-state index contributed by atoms with van der Waals surface area (Å²) in [6.07, 6.45) is 1.64. The van der Waals surface area contributed by atoms with Crippen molar-refractivity contribution in [1.82, 2.24) is 4.98 Å². The fourth-order valence-electron chi connectivity index (χ4n) is 2.40. The molecule has 2 amide bonds. The maximum absolute atomic E-state index is 12.4. The smallest absolute Gasteiger partial charge is 0.255 e. The van der Waals surface area contributed by atoms with Crippen LogP contribution in [0.3, 0.4) is 0 Å². The lowest BCUT2D eigenvalue weighted by atomic mass is 10.1. The molecule has 0 unspecified atom stereocenters. The van der Waals surface area contributed by atoms with Gasteiger partial charge < -0.3 is 10.6 Å². The van der Waals surface area contributed by atoms with Crippen molar-refractivity contribution in [3.63, 3.8) is 0 Å². The largest absolute Gasteiger partial charge is 0.322 e. The number of aryl methyl sites for hydroxylation is 1. The van der Waals surface area contributed by atoms with Gasteiger partial charge in [-0.2, -0.15) is 0 Å². The number of halogens is 1. The second kappa shape index (κ2) is 7.93. The third-order valence-corrected chi connectivity index (χ3v) is 4.12. The molecule has 0 saturated carbocycles.